The molecular weight excluding hydrogens is 241 g/mol. The van der Waals surface area contributed by atoms with Crippen molar-refractivity contribution < 1.29 is 9.13 Å². The van der Waals surface area contributed by atoms with E-state index in [1.807, 2.05) is 12.1 Å². The van der Waals surface area contributed by atoms with E-state index in [1.54, 1.807) is 12.1 Å². The van der Waals surface area contributed by atoms with Gasteiger partial charge in [0.1, 0.15) is 5.82 Å². The quantitative estimate of drug-likeness (QED) is 0.853. The van der Waals surface area contributed by atoms with Gasteiger partial charge in [0.15, 0.2) is 0 Å². The predicted octanol–water partition coefficient (Wildman–Crippen LogP) is 3.16. The van der Waals surface area contributed by atoms with Crippen molar-refractivity contribution in [3.8, 4) is 0 Å². The van der Waals surface area contributed by atoms with E-state index in [0.717, 1.165) is 38.0 Å². The third kappa shape index (κ3) is 3.54. The highest BCUT2D eigenvalue weighted by molar-refractivity contribution is 5.19. The van der Waals surface area contributed by atoms with Gasteiger partial charge in [-0.3, -0.25) is 0 Å². The molecule has 1 aromatic carbocycles. The van der Waals surface area contributed by atoms with Crippen LogP contribution in [0.4, 0.5) is 4.39 Å². The van der Waals surface area contributed by atoms with Gasteiger partial charge in [-0.05, 0) is 37.4 Å². The highest BCUT2D eigenvalue weighted by Gasteiger charge is 2.33. The average Bonchev–Trinajstić information content (AvgIpc) is 2.89. The second-order valence-electron chi connectivity index (χ2n) is 5.23. The minimum absolute atomic E-state index is 0.0997. The number of benzene rings is 1. The summed E-state index contributed by atoms with van der Waals surface area (Å²) in [7, 11) is 0. The lowest BCUT2D eigenvalue weighted by Crippen LogP contribution is -2.41. The summed E-state index contributed by atoms with van der Waals surface area (Å²) < 4.78 is 19.6. The van der Waals surface area contributed by atoms with Crippen molar-refractivity contribution in [3.63, 3.8) is 0 Å². The van der Waals surface area contributed by atoms with Crippen molar-refractivity contribution in [1.82, 2.24) is 5.32 Å². The number of ether oxygens (including phenoxy) is 1. The van der Waals surface area contributed by atoms with Crippen LogP contribution in [0.5, 0.6) is 0 Å². The van der Waals surface area contributed by atoms with Gasteiger partial charge in [-0.15, -0.1) is 0 Å². The van der Waals surface area contributed by atoms with Crippen molar-refractivity contribution in [3.05, 3.63) is 35.6 Å². The zero-order valence-electron chi connectivity index (χ0n) is 11.9. The Morgan fingerprint density at radius 1 is 1.37 bits per heavy atom. The van der Waals surface area contributed by atoms with Crippen molar-refractivity contribution in [2.75, 3.05) is 13.2 Å². The summed E-state index contributed by atoms with van der Waals surface area (Å²) in [5, 5.41) is 3.52. The summed E-state index contributed by atoms with van der Waals surface area (Å²) in [5.41, 5.74) is 0.801. The molecule has 0 amide bonds. The molecule has 3 atom stereocenters. The lowest BCUT2D eigenvalue weighted by molar-refractivity contribution is 0.0775. The Morgan fingerprint density at radius 2 is 2.16 bits per heavy atom. The highest BCUT2D eigenvalue weighted by atomic mass is 19.1. The second kappa shape index (κ2) is 7.01. The van der Waals surface area contributed by atoms with E-state index in [-0.39, 0.29) is 5.82 Å². The minimum atomic E-state index is -0.0997. The molecule has 0 aliphatic carbocycles. The summed E-state index contributed by atoms with van der Waals surface area (Å²) in [5.74, 6) is 0.391. The number of halogens is 1. The summed E-state index contributed by atoms with van der Waals surface area (Å²) in [6.07, 6.45) is 3.16. The number of hydrogen-bond donors (Lipinski definition) is 1. The van der Waals surface area contributed by atoms with Crippen LogP contribution in [0.15, 0.2) is 24.3 Å². The number of hydrogen-bond acceptors (Lipinski definition) is 2. The van der Waals surface area contributed by atoms with Crippen LogP contribution in [0.2, 0.25) is 0 Å². The Hall–Kier alpha value is -0.930. The maximum absolute atomic E-state index is 13.8. The van der Waals surface area contributed by atoms with Crippen LogP contribution < -0.4 is 5.32 Å². The Labute approximate surface area is 115 Å². The molecule has 19 heavy (non-hydrogen) atoms. The molecule has 1 aliphatic rings. The zero-order chi connectivity index (χ0) is 13.7. The number of likely N-dealkylation sites (N-methyl/N-ethyl adjacent to an activating group) is 1. The van der Waals surface area contributed by atoms with Gasteiger partial charge in [-0.25, -0.2) is 4.39 Å². The molecule has 0 saturated carbocycles. The molecular formula is C16H24FNO. The van der Waals surface area contributed by atoms with Gasteiger partial charge in [0, 0.05) is 18.6 Å². The topological polar surface area (TPSA) is 21.3 Å². The van der Waals surface area contributed by atoms with Crippen LogP contribution in [0.1, 0.15) is 32.3 Å². The molecule has 1 saturated heterocycles. The third-order valence-electron chi connectivity index (χ3n) is 4.04. The van der Waals surface area contributed by atoms with Crippen molar-refractivity contribution in [2.24, 2.45) is 5.92 Å². The van der Waals surface area contributed by atoms with Crippen molar-refractivity contribution in [1.29, 1.82) is 0 Å². The van der Waals surface area contributed by atoms with Crippen molar-refractivity contribution >= 4 is 0 Å². The van der Waals surface area contributed by atoms with Gasteiger partial charge >= 0.3 is 0 Å². The van der Waals surface area contributed by atoms with E-state index in [1.165, 1.54) is 0 Å². The van der Waals surface area contributed by atoms with Crippen LogP contribution in [-0.4, -0.2) is 25.3 Å². The summed E-state index contributed by atoms with van der Waals surface area (Å²) in [4.78, 5) is 0. The van der Waals surface area contributed by atoms with E-state index in [0.29, 0.717) is 18.1 Å². The molecule has 0 bridgehead atoms. The summed E-state index contributed by atoms with van der Waals surface area (Å²) >= 11 is 0. The van der Waals surface area contributed by atoms with Gasteiger partial charge in [0.05, 0.1) is 6.10 Å². The first-order valence-electron chi connectivity index (χ1n) is 7.34. The van der Waals surface area contributed by atoms with Crippen LogP contribution in [0.25, 0.3) is 0 Å². The maximum Gasteiger partial charge on any atom is 0.126 e. The molecule has 1 N–H and O–H groups in total. The largest absolute Gasteiger partial charge is 0.378 e. The lowest BCUT2D eigenvalue weighted by atomic mass is 9.87. The number of nitrogens with one attached hydrogen (secondary N) is 1. The molecule has 0 spiro atoms. The Morgan fingerprint density at radius 3 is 2.84 bits per heavy atom. The molecule has 2 rings (SSSR count). The monoisotopic (exact) mass is 265 g/mol. The molecule has 0 radical (unpaired) electrons. The molecule has 106 valence electrons. The first-order chi connectivity index (χ1) is 9.26. The predicted molar refractivity (Wildman–Crippen MR) is 75.7 cm³/mol. The van der Waals surface area contributed by atoms with E-state index in [9.17, 15) is 4.39 Å². The standard InChI is InChI=1S/C16H24FNO/c1-3-16-13(9-10-19-16)15(18-4-2)11-12-7-5-6-8-14(12)17/h5-8,13,15-16,18H,3-4,9-11H2,1-2H3. The molecule has 1 aliphatic heterocycles. The minimum Gasteiger partial charge on any atom is -0.378 e. The molecule has 0 aromatic heterocycles. The maximum atomic E-state index is 13.8. The SMILES string of the molecule is CCNC(Cc1ccccc1F)C1CCOC1CC. The first kappa shape index (κ1) is 14.5. The Kier molecular flexibility index (Phi) is 5.34. The van der Waals surface area contributed by atoms with E-state index in [4.69, 9.17) is 4.74 Å². The number of rotatable bonds is 6. The average molecular weight is 265 g/mol. The van der Waals surface area contributed by atoms with E-state index < -0.39 is 0 Å². The van der Waals surface area contributed by atoms with Gasteiger partial charge in [-0.2, -0.15) is 0 Å². The second-order valence-corrected chi connectivity index (χ2v) is 5.23. The molecule has 3 heteroatoms. The van der Waals surface area contributed by atoms with Gasteiger partial charge in [0.2, 0.25) is 0 Å². The van der Waals surface area contributed by atoms with E-state index in [2.05, 4.69) is 19.2 Å². The first-order valence-corrected chi connectivity index (χ1v) is 7.34. The summed E-state index contributed by atoms with van der Waals surface area (Å²) in [6.45, 7) is 6.01. The molecule has 1 aromatic rings. The molecule has 3 unspecified atom stereocenters. The smallest absolute Gasteiger partial charge is 0.126 e. The zero-order valence-corrected chi connectivity index (χ0v) is 11.9. The normalized spacial score (nSPS) is 24.6. The van der Waals surface area contributed by atoms with E-state index >= 15 is 0 Å². The van der Waals surface area contributed by atoms with Gasteiger partial charge in [-0.1, -0.05) is 32.0 Å². The fourth-order valence-electron chi connectivity index (χ4n) is 3.08. The van der Waals surface area contributed by atoms with Gasteiger partial charge in [0.25, 0.3) is 0 Å². The molecule has 1 fully saturated rings. The van der Waals surface area contributed by atoms with Crippen LogP contribution in [-0.2, 0) is 11.2 Å². The van der Waals surface area contributed by atoms with Crippen LogP contribution >= 0.6 is 0 Å². The van der Waals surface area contributed by atoms with Crippen LogP contribution in [0.3, 0.4) is 0 Å². The molecule has 2 nitrogen and oxygen atoms in total. The third-order valence-corrected chi connectivity index (χ3v) is 4.04. The Balaban J connectivity index is 2.09. The van der Waals surface area contributed by atoms with Gasteiger partial charge < -0.3 is 10.1 Å². The molecule has 1 heterocycles. The Bertz CT molecular complexity index is 396. The van der Waals surface area contributed by atoms with Crippen LogP contribution in [0, 0.1) is 11.7 Å². The fraction of sp³-hybridized carbons (Fsp3) is 0.625. The van der Waals surface area contributed by atoms with Crippen molar-refractivity contribution in [2.45, 2.75) is 45.3 Å². The summed E-state index contributed by atoms with van der Waals surface area (Å²) in [6, 6.07) is 7.38. The highest BCUT2D eigenvalue weighted by Crippen LogP contribution is 2.28. The fourth-order valence-corrected chi connectivity index (χ4v) is 3.08. The lowest BCUT2D eigenvalue weighted by Gasteiger charge is -2.28.